The molecule has 0 radical (unpaired) electrons. The van der Waals surface area contributed by atoms with Crippen molar-refractivity contribution in [3.8, 4) is 0 Å². The van der Waals surface area contributed by atoms with Crippen LogP contribution < -0.4 is 5.32 Å². The van der Waals surface area contributed by atoms with E-state index in [9.17, 15) is 14.4 Å². The van der Waals surface area contributed by atoms with Gasteiger partial charge in [0.2, 0.25) is 0 Å². The lowest BCUT2D eigenvalue weighted by atomic mass is 10.2. The number of amides is 1. The van der Waals surface area contributed by atoms with Gasteiger partial charge < -0.3 is 14.8 Å². The summed E-state index contributed by atoms with van der Waals surface area (Å²) in [6.45, 7) is -0.490. The summed E-state index contributed by atoms with van der Waals surface area (Å²) < 4.78 is 9.49. The Morgan fingerprint density at radius 2 is 1.68 bits per heavy atom. The predicted molar refractivity (Wildman–Crippen MR) is 93.2 cm³/mol. The summed E-state index contributed by atoms with van der Waals surface area (Å²) in [5, 5.41) is 3.05. The Balaban J connectivity index is 1.90. The maximum atomic E-state index is 11.9. The van der Waals surface area contributed by atoms with Crippen molar-refractivity contribution in [2.24, 2.45) is 0 Å². The number of hydrogen-bond acceptors (Lipinski definition) is 5. The van der Waals surface area contributed by atoms with E-state index >= 15 is 0 Å². The summed E-state index contributed by atoms with van der Waals surface area (Å²) in [7, 11) is 1.28. The van der Waals surface area contributed by atoms with E-state index in [1.54, 1.807) is 0 Å². The quantitative estimate of drug-likeness (QED) is 0.800. The van der Waals surface area contributed by atoms with Crippen LogP contribution in [-0.4, -0.2) is 31.6 Å². The van der Waals surface area contributed by atoms with E-state index in [1.165, 1.54) is 49.6 Å². The van der Waals surface area contributed by atoms with Crippen LogP contribution >= 0.6 is 23.2 Å². The molecule has 6 nitrogen and oxygen atoms in total. The molecule has 2 aromatic carbocycles. The molecule has 2 rings (SSSR count). The summed E-state index contributed by atoms with van der Waals surface area (Å²) in [5.74, 6) is -1.76. The lowest BCUT2D eigenvalue weighted by Crippen LogP contribution is -2.21. The minimum absolute atomic E-state index is 0.112. The lowest BCUT2D eigenvalue weighted by molar-refractivity contribution is -0.119. The summed E-state index contributed by atoms with van der Waals surface area (Å²) in [5.41, 5.74) is 0.906. The van der Waals surface area contributed by atoms with Gasteiger partial charge in [-0.15, -0.1) is 0 Å². The number of nitrogens with one attached hydrogen (secondary N) is 1. The molecule has 0 aliphatic rings. The van der Waals surface area contributed by atoms with E-state index in [0.29, 0.717) is 16.3 Å². The zero-order valence-electron chi connectivity index (χ0n) is 13.0. The molecule has 0 unspecified atom stereocenters. The average molecular weight is 382 g/mol. The number of rotatable bonds is 5. The number of anilines is 1. The topological polar surface area (TPSA) is 81.7 Å². The molecule has 0 saturated carbocycles. The third-order valence-electron chi connectivity index (χ3n) is 3.08. The summed E-state index contributed by atoms with van der Waals surface area (Å²) in [6.07, 6.45) is 0. The molecule has 0 fully saturated rings. The molecule has 0 aliphatic carbocycles. The maximum Gasteiger partial charge on any atom is 0.340 e. The van der Waals surface area contributed by atoms with Gasteiger partial charge in [0, 0.05) is 10.7 Å². The van der Waals surface area contributed by atoms with Crippen LogP contribution in [0.5, 0.6) is 0 Å². The highest BCUT2D eigenvalue weighted by atomic mass is 35.5. The first-order chi connectivity index (χ1) is 11.9. The van der Waals surface area contributed by atoms with Gasteiger partial charge in [-0.3, -0.25) is 4.79 Å². The number of halogens is 2. The second-order valence-electron chi connectivity index (χ2n) is 4.82. The molecule has 0 aromatic heterocycles. The Hall–Kier alpha value is -2.57. The lowest BCUT2D eigenvalue weighted by Gasteiger charge is -2.08. The van der Waals surface area contributed by atoms with Gasteiger partial charge in [-0.25, -0.2) is 9.59 Å². The minimum atomic E-state index is -0.738. The average Bonchev–Trinajstić information content (AvgIpc) is 2.59. The maximum absolute atomic E-state index is 11.9. The zero-order valence-corrected chi connectivity index (χ0v) is 14.6. The van der Waals surface area contributed by atoms with Gasteiger partial charge in [-0.1, -0.05) is 23.2 Å². The largest absolute Gasteiger partial charge is 0.465 e. The first kappa shape index (κ1) is 18.8. The number of ether oxygens (including phenoxy) is 2. The van der Waals surface area contributed by atoms with Crippen molar-refractivity contribution in [1.29, 1.82) is 0 Å². The van der Waals surface area contributed by atoms with Crippen LogP contribution in [0.3, 0.4) is 0 Å². The Bertz CT molecular complexity index is 805. The van der Waals surface area contributed by atoms with Crippen molar-refractivity contribution >= 4 is 46.7 Å². The van der Waals surface area contributed by atoms with Crippen molar-refractivity contribution in [3.63, 3.8) is 0 Å². The highest BCUT2D eigenvalue weighted by Gasteiger charge is 2.14. The number of carbonyl (C=O) groups excluding carboxylic acids is 3. The Kier molecular flexibility index (Phi) is 6.38. The number of methoxy groups -OCH3 is 1. The predicted octanol–water partition coefficient (Wildman–Crippen LogP) is 3.58. The van der Waals surface area contributed by atoms with E-state index in [0.717, 1.165) is 0 Å². The van der Waals surface area contributed by atoms with Crippen molar-refractivity contribution in [3.05, 3.63) is 63.6 Å². The summed E-state index contributed by atoms with van der Waals surface area (Å²) in [6, 6.07) is 10.4. The SMILES string of the molecule is COC(=O)c1ccc(NC(=O)COC(=O)c2ccc(Cl)cc2Cl)cc1. The standard InChI is InChI=1S/C17H13Cl2NO5/c1-24-16(22)10-2-5-12(6-3-10)20-15(21)9-25-17(23)13-7-4-11(18)8-14(13)19/h2-8H,9H2,1H3,(H,20,21). The second kappa shape index (κ2) is 8.50. The molecule has 1 N–H and O–H groups in total. The third-order valence-corrected chi connectivity index (χ3v) is 3.62. The molecule has 0 atom stereocenters. The summed E-state index contributed by atoms with van der Waals surface area (Å²) >= 11 is 11.6. The number of esters is 2. The fourth-order valence-electron chi connectivity index (χ4n) is 1.87. The number of carbonyl (C=O) groups is 3. The fraction of sp³-hybridized carbons (Fsp3) is 0.118. The van der Waals surface area contributed by atoms with Gasteiger partial charge in [0.1, 0.15) is 0 Å². The third kappa shape index (κ3) is 5.20. The molecule has 0 heterocycles. The van der Waals surface area contributed by atoms with Crippen LogP contribution in [0.4, 0.5) is 5.69 Å². The molecule has 130 valence electrons. The molecular weight excluding hydrogens is 369 g/mol. The molecular formula is C17H13Cl2NO5. The van der Waals surface area contributed by atoms with Crippen LogP contribution in [0.2, 0.25) is 10.0 Å². The van der Waals surface area contributed by atoms with Crippen molar-refractivity contribution in [2.45, 2.75) is 0 Å². The summed E-state index contributed by atoms with van der Waals surface area (Å²) in [4.78, 5) is 35.1. The Morgan fingerprint density at radius 3 is 2.28 bits per heavy atom. The zero-order chi connectivity index (χ0) is 18.4. The molecule has 8 heteroatoms. The van der Waals surface area contributed by atoms with E-state index < -0.39 is 24.5 Å². The molecule has 2 aromatic rings. The molecule has 0 saturated heterocycles. The van der Waals surface area contributed by atoms with Crippen LogP contribution in [0, 0.1) is 0 Å². The van der Waals surface area contributed by atoms with Gasteiger partial charge in [-0.2, -0.15) is 0 Å². The molecule has 0 bridgehead atoms. The van der Waals surface area contributed by atoms with Crippen LogP contribution in [0.1, 0.15) is 20.7 Å². The van der Waals surface area contributed by atoms with E-state index in [2.05, 4.69) is 10.1 Å². The van der Waals surface area contributed by atoms with Crippen molar-refractivity contribution in [1.82, 2.24) is 0 Å². The molecule has 1 amide bonds. The Labute approximate surface area is 153 Å². The highest BCUT2D eigenvalue weighted by Crippen LogP contribution is 2.21. The number of hydrogen-bond donors (Lipinski definition) is 1. The number of benzene rings is 2. The minimum Gasteiger partial charge on any atom is -0.465 e. The first-order valence-corrected chi connectivity index (χ1v) is 7.76. The van der Waals surface area contributed by atoms with Crippen molar-refractivity contribution in [2.75, 3.05) is 19.0 Å². The second-order valence-corrected chi connectivity index (χ2v) is 5.66. The smallest absolute Gasteiger partial charge is 0.340 e. The van der Waals surface area contributed by atoms with E-state index in [4.69, 9.17) is 27.9 Å². The van der Waals surface area contributed by atoms with E-state index in [-0.39, 0.29) is 10.6 Å². The normalized spacial score (nSPS) is 10.0. The van der Waals surface area contributed by atoms with Crippen LogP contribution in [-0.2, 0) is 14.3 Å². The molecule has 25 heavy (non-hydrogen) atoms. The Morgan fingerprint density at radius 1 is 1.00 bits per heavy atom. The van der Waals surface area contributed by atoms with Gasteiger partial charge in [0.25, 0.3) is 5.91 Å². The molecule has 0 aliphatic heterocycles. The van der Waals surface area contributed by atoms with Gasteiger partial charge >= 0.3 is 11.9 Å². The van der Waals surface area contributed by atoms with Crippen LogP contribution in [0.25, 0.3) is 0 Å². The van der Waals surface area contributed by atoms with Crippen LogP contribution in [0.15, 0.2) is 42.5 Å². The van der Waals surface area contributed by atoms with Crippen molar-refractivity contribution < 1.29 is 23.9 Å². The molecule has 0 spiro atoms. The van der Waals surface area contributed by atoms with Gasteiger partial charge in [0.05, 0.1) is 23.3 Å². The fourth-order valence-corrected chi connectivity index (χ4v) is 2.35. The first-order valence-electron chi connectivity index (χ1n) is 7.01. The van der Waals surface area contributed by atoms with Gasteiger partial charge in [0.15, 0.2) is 6.61 Å². The monoisotopic (exact) mass is 381 g/mol. The van der Waals surface area contributed by atoms with E-state index in [1.807, 2.05) is 0 Å². The highest BCUT2D eigenvalue weighted by molar-refractivity contribution is 6.36. The van der Waals surface area contributed by atoms with Gasteiger partial charge in [-0.05, 0) is 42.5 Å².